The van der Waals surface area contributed by atoms with Gasteiger partial charge in [0.15, 0.2) is 0 Å². The number of hydrogen-bond acceptors (Lipinski definition) is 3. The topological polar surface area (TPSA) is 46.6 Å². The minimum absolute atomic E-state index is 0.143. The summed E-state index contributed by atoms with van der Waals surface area (Å²) < 4.78 is 4.92. The molecule has 1 amide bonds. The molecule has 0 aliphatic carbocycles. The van der Waals surface area contributed by atoms with Crippen LogP contribution in [0.5, 0.6) is 0 Å². The molecular weight excluding hydrogens is 302 g/mol. The average Bonchev–Trinajstić information content (AvgIpc) is 2.47. The lowest BCUT2D eigenvalue weighted by Crippen LogP contribution is -2.35. The average molecular weight is 326 g/mol. The molecule has 0 unspecified atom stereocenters. The van der Waals surface area contributed by atoms with Crippen LogP contribution in [-0.2, 0) is 9.53 Å². The summed E-state index contributed by atoms with van der Waals surface area (Å²) in [4.78, 5) is 25.8. The number of carbonyl (C=O) groups excluding carboxylic acids is 2. The SMILES string of the molecule is CCOC(=O)CCN(CCC(C)C)C(=O)c1ccccc1Cl. The third-order valence-corrected chi connectivity index (χ3v) is 3.59. The van der Waals surface area contributed by atoms with Gasteiger partial charge in [-0.15, -0.1) is 0 Å². The van der Waals surface area contributed by atoms with Crippen LogP contribution in [0.25, 0.3) is 0 Å². The molecule has 0 fully saturated rings. The van der Waals surface area contributed by atoms with Crippen LogP contribution in [0.4, 0.5) is 0 Å². The maximum absolute atomic E-state index is 12.6. The molecule has 0 aliphatic heterocycles. The van der Waals surface area contributed by atoms with Crippen LogP contribution in [-0.4, -0.2) is 36.5 Å². The molecule has 0 bridgehead atoms. The van der Waals surface area contributed by atoms with E-state index in [9.17, 15) is 9.59 Å². The molecule has 0 saturated carbocycles. The quantitative estimate of drug-likeness (QED) is 0.683. The van der Waals surface area contributed by atoms with E-state index in [0.717, 1.165) is 6.42 Å². The molecule has 22 heavy (non-hydrogen) atoms. The van der Waals surface area contributed by atoms with Gasteiger partial charge in [0.05, 0.1) is 23.6 Å². The molecule has 1 rings (SSSR count). The Kier molecular flexibility index (Phi) is 7.96. The second-order valence-electron chi connectivity index (χ2n) is 5.51. The van der Waals surface area contributed by atoms with E-state index in [4.69, 9.17) is 16.3 Å². The summed E-state index contributed by atoms with van der Waals surface area (Å²) in [6.07, 6.45) is 1.07. The van der Waals surface area contributed by atoms with E-state index in [-0.39, 0.29) is 18.3 Å². The van der Waals surface area contributed by atoms with Gasteiger partial charge in [0.1, 0.15) is 0 Å². The molecule has 5 heteroatoms. The van der Waals surface area contributed by atoms with Gasteiger partial charge < -0.3 is 9.64 Å². The standard InChI is InChI=1S/C17H24ClNO3/c1-4-22-16(20)10-12-19(11-9-13(2)3)17(21)14-7-5-6-8-15(14)18/h5-8,13H,4,9-12H2,1-3H3. The van der Waals surface area contributed by atoms with Gasteiger partial charge in [-0.3, -0.25) is 9.59 Å². The smallest absolute Gasteiger partial charge is 0.307 e. The predicted octanol–water partition coefficient (Wildman–Crippen LogP) is 3.78. The summed E-state index contributed by atoms with van der Waals surface area (Å²) in [5, 5.41) is 0.429. The predicted molar refractivity (Wildman–Crippen MR) is 88.1 cm³/mol. The van der Waals surface area contributed by atoms with Crippen molar-refractivity contribution in [3.05, 3.63) is 34.9 Å². The second-order valence-corrected chi connectivity index (χ2v) is 5.92. The van der Waals surface area contributed by atoms with Crippen LogP contribution >= 0.6 is 11.6 Å². The fraction of sp³-hybridized carbons (Fsp3) is 0.529. The highest BCUT2D eigenvalue weighted by Crippen LogP contribution is 2.18. The molecule has 0 aromatic heterocycles. The van der Waals surface area contributed by atoms with Crippen molar-refractivity contribution in [1.82, 2.24) is 4.90 Å². The van der Waals surface area contributed by atoms with E-state index in [1.165, 1.54) is 0 Å². The van der Waals surface area contributed by atoms with Gasteiger partial charge in [0.25, 0.3) is 5.91 Å². The number of benzene rings is 1. The lowest BCUT2D eigenvalue weighted by atomic mass is 10.1. The zero-order valence-electron chi connectivity index (χ0n) is 13.5. The monoisotopic (exact) mass is 325 g/mol. The molecule has 0 N–H and O–H groups in total. The van der Waals surface area contributed by atoms with Crippen molar-refractivity contribution >= 4 is 23.5 Å². The van der Waals surface area contributed by atoms with E-state index < -0.39 is 0 Å². The van der Waals surface area contributed by atoms with Crippen LogP contribution in [0.3, 0.4) is 0 Å². The van der Waals surface area contributed by atoms with Gasteiger partial charge in [-0.1, -0.05) is 37.6 Å². The fourth-order valence-corrected chi connectivity index (χ4v) is 2.21. The third kappa shape index (κ3) is 6.06. The zero-order valence-corrected chi connectivity index (χ0v) is 14.2. The van der Waals surface area contributed by atoms with Gasteiger partial charge in [-0.25, -0.2) is 0 Å². The van der Waals surface area contributed by atoms with E-state index >= 15 is 0 Å². The van der Waals surface area contributed by atoms with Crippen LogP contribution in [0.15, 0.2) is 24.3 Å². The number of halogens is 1. The van der Waals surface area contributed by atoms with Crippen molar-refractivity contribution in [2.75, 3.05) is 19.7 Å². The molecule has 4 nitrogen and oxygen atoms in total. The Morgan fingerprint density at radius 3 is 2.50 bits per heavy atom. The van der Waals surface area contributed by atoms with Crippen molar-refractivity contribution in [1.29, 1.82) is 0 Å². The van der Waals surface area contributed by atoms with E-state index in [1.54, 1.807) is 36.1 Å². The summed E-state index contributed by atoms with van der Waals surface area (Å²) in [6.45, 7) is 7.26. The molecule has 122 valence electrons. The largest absolute Gasteiger partial charge is 0.466 e. The van der Waals surface area contributed by atoms with Gasteiger partial charge in [0.2, 0.25) is 0 Å². The molecule has 1 aromatic rings. The summed E-state index contributed by atoms with van der Waals surface area (Å²) in [5.74, 6) is 0.0451. The Hall–Kier alpha value is -1.55. The van der Waals surface area contributed by atoms with Crippen molar-refractivity contribution < 1.29 is 14.3 Å². The lowest BCUT2D eigenvalue weighted by molar-refractivity contribution is -0.143. The van der Waals surface area contributed by atoms with Gasteiger partial charge in [-0.2, -0.15) is 0 Å². The fourth-order valence-electron chi connectivity index (χ4n) is 1.99. The molecule has 0 spiro atoms. The van der Waals surface area contributed by atoms with E-state index in [1.807, 2.05) is 0 Å². The molecule has 1 aromatic carbocycles. The lowest BCUT2D eigenvalue weighted by Gasteiger charge is -2.23. The number of nitrogens with zero attached hydrogens (tertiary/aromatic N) is 1. The second kappa shape index (κ2) is 9.46. The van der Waals surface area contributed by atoms with Gasteiger partial charge in [0, 0.05) is 13.1 Å². The molecule has 0 saturated heterocycles. The van der Waals surface area contributed by atoms with Crippen molar-refractivity contribution in [2.24, 2.45) is 5.92 Å². The molecule has 0 aliphatic rings. The molecule has 0 atom stereocenters. The van der Waals surface area contributed by atoms with Crippen molar-refractivity contribution in [3.63, 3.8) is 0 Å². The first-order valence-corrected chi connectivity index (χ1v) is 8.03. The Morgan fingerprint density at radius 1 is 1.23 bits per heavy atom. The number of esters is 1. The zero-order chi connectivity index (χ0) is 16.5. The first kappa shape index (κ1) is 18.5. The normalized spacial score (nSPS) is 10.6. The molecular formula is C17H24ClNO3. The summed E-state index contributed by atoms with van der Waals surface area (Å²) in [5.41, 5.74) is 0.469. The molecule has 0 heterocycles. The van der Waals surface area contributed by atoms with Gasteiger partial charge >= 0.3 is 5.97 Å². The maximum Gasteiger partial charge on any atom is 0.307 e. The van der Waals surface area contributed by atoms with Gasteiger partial charge in [-0.05, 0) is 31.4 Å². The first-order chi connectivity index (χ1) is 10.5. The maximum atomic E-state index is 12.6. The highest BCUT2D eigenvalue weighted by Gasteiger charge is 2.19. The number of amides is 1. The minimum Gasteiger partial charge on any atom is -0.466 e. The van der Waals surface area contributed by atoms with E-state index in [0.29, 0.717) is 36.2 Å². The highest BCUT2D eigenvalue weighted by atomic mass is 35.5. The Labute approximate surface area is 137 Å². The highest BCUT2D eigenvalue weighted by molar-refractivity contribution is 6.33. The number of hydrogen-bond donors (Lipinski definition) is 0. The van der Waals surface area contributed by atoms with Crippen LogP contribution in [0.1, 0.15) is 44.0 Å². The van der Waals surface area contributed by atoms with Crippen LogP contribution in [0.2, 0.25) is 5.02 Å². The number of ether oxygens (including phenoxy) is 1. The van der Waals surface area contributed by atoms with E-state index in [2.05, 4.69) is 13.8 Å². The summed E-state index contributed by atoms with van der Waals surface area (Å²) in [6, 6.07) is 6.97. The van der Waals surface area contributed by atoms with Crippen molar-refractivity contribution in [3.8, 4) is 0 Å². The van der Waals surface area contributed by atoms with Crippen LogP contribution in [0, 0.1) is 5.92 Å². The third-order valence-electron chi connectivity index (χ3n) is 3.26. The first-order valence-electron chi connectivity index (χ1n) is 7.65. The Balaban J connectivity index is 2.78. The van der Waals surface area contributed by atoms with Crippen LogP contribution < -0.4 is 0 Å². The van der Waals surface area contributed by atoms with Crippen molar-refractivity contribution in [2.45, 2.75) is 33.6 Å². The number of rotatable bonds is 8. The Morgan fingerprint density at radius 2 is 1.91 bits per heavy atom. The molecule has 0 radical (unpaired) electrons. The Bertz CT molecular complexity index is 502. The summed E-state index contributed by atoms with van der Waals surface area (Å²) >= 11 is 6.10. The number of carbonyl (C=O) groups is 2. The minimum atomic E-state index is -0.288. The summed E-state index contributed by atoms with van der Waals surface area (Å²) in [7, 11) is 0.